The zero-order chi connectivity index (χ0) is 26.6. The van der Waals surface area contributed by atoms with Gasteiger partial charge in [-0.3, -0.25) is 13.9 Å². The molecule has 1 atom stereocenters. The van der Waals surface area contributed by atoms with Gasteiger partial charge in [-0.15, -0.1) is 0 Å². The van der Waals surface area contributed by atoms with Gasteiger partial charge in [0, 0.05) is 16.6 Å². The fraction of sp³-hybridized carbons (Fsp3) is 0.462. The maximum atomic E-state index is 13.6. The monoisotopic (exact) mass is 565 g/mol. The summed E-state index contributed by atoms with van der Waals surface area (Å²) >= 11 is 3.40. The van der Waals surface area contributed by atoms with E-state index in [0.717, 1.165) is 26.2 Å². The molecule has 2 aromatic rings. The Morgan fingerprint density at radius 2 is 1.51 bits per heavy atom. The third kappa shape index (κ3) is 8.65. The number of nitrogens with zero attached hydrogens (tertiary/aromatic N) is 2. The fourth-order valence-electron chi connectivity index (χ4n) is 3.48. The predicted molar refractivity (Wildman–Crippen MR) is 145 cm³/mol. The molecule has 0 radical (unpaired) electrons. The Balaban J connectivity index is 2.39. The van der Waals surface area contributed by atoms with Crippen LogP contribution in [0, 0.1) is 0 Å². The van der Waals surface area contributed by atoms with Crippen molar-refractivity contribution in [2.24, 2.45) is 0 Å². The van der Waals surface area contributed by atoms with Crippen molar-refractivity contribution in [1.82, 2.24) is 10.2 Å². The molecule has 2 rings (SSSR count). The summed E-state index contributed by atoms with van der Waals surface area (Å²) in [6, 6.07) is 13.8. The molecule has 2 aromatic carbocycles. The molecule has 0 aliphatic rings. The van der Waals surface area contributed by atoms with E-state index in [0.29, 0.717) is 11.6 Å². The average molecular weight is 567 g/mol. The van der Waals surface area contributed by atoms with Gasteiger partial charge in [-0.2, -0.15) is 0 Å². The van der Waals surface area contributed by atoms with Crippen LogP contribution < -0.4 is 9.62 Å². The summed E-state index contributed by atoms with van der Waals surface area (Å²) in [7, 11) is -3.75. The van der Waals surface area contributed by atoms with Crippen LogP contribution in [0.25, 0.3) is 0 Å². The van der Waals surface area contributed by atoms with Crippen molar-refractivity contribution in [3.63, 3.8) is 0 Å². The summed E-state index contributed by atoms with van der Waals surface area (Å²) in [5.74, 6) is -0.487. The van der Waals surface area contributed by atoms with Crippen LogP contribution in [0.5, 0.6) is 0 Å². The normalized spacial score (nSPS) is 12.8. The summed E-state index contributed by atoms with van der Waals surface area (Å²) < 4.78 is 27.3. The second-order valence-electron chi connectivity index (χ2n) is 10.1. The van der Waals surface area contributed by atoms with Crippen molar-refractivity contribution in [2.45, 2.75) is 65.6 Å². The van der Waals surface area contributed by atoms with E-state index in [4.69, 9.17) is 0 Å². The molecule has 0 saturated heterocycles. The Labute approximate surface area is 218 Å². The number of halogens is 1. The lowest BCUT2D eigenvalue weighted by atomic mass is 10.0. The van der Waals surface area contributed by atoms with Gasteiger partial charge in [0.05, 0.1) is 11.9 Å². The molecule has 0 aromatic heterocycles. The third-order valence-electron chi connectivity index (χ3n) is 5.46. The van der Waals surface area contributed by atoms with Crippen LogP contribution >= 0.6 is 15.9 Å². The molecule has 192 valence electrons. The largest absolute Gasteiger partial charge is 0.350 e. The zero-order valence-electron chi connectivity index (χ0n) is 21.5. The van der Waals surface area contributed by atoms with Crippen LogP contribution in [0.1, 0.15) is 58.6 Å². The van der Waals surface area contributed by atoms with E-state index >= 15 is 0 Å². The second-order valence-corrected chi connectivity index (χ2v) is 12.9. The Morgan fingerprint density at radius 3 is 1.97 bits per heavy atom. The first kappa shape index (κ1) is 28.8. The van der Waals surface area contributed by atoms with E-state index < -0.39 is 34.1 Å². The van der Waals surface area contributed by atoms with Gasteiger partial charge >= 0.3 is 0 Å². The van der Waals surface area contributed by atoms with E-state index in [9.17, 15) is 18.0 Å². The van der Waals surface area contributed by atoms with E-state index in [-0.39, 0.29) is 12.5 Å². The minimum atomic E-state index is -3.75. The fourth-order valence-corrected chi connectivity index (χ4v) is 4.60. The van der Waals surface area contributed by atoms with Gasteiger partial charge in [0.1, 0.15) is 12.6 Å². The van der Waals surface area contributed by atoms with Crippen LogP contribution in [0.3, 0.4) is 0 Å². The first-order valence-corrected chi connectivity index (χ1v) is 14.2. The van der Waals surface area contributed by atoms with Crippen molar-refractivity contribution in [1.29, 1.82) is 0 Å². The number of carbonyl (C=O) groups is 2. The summed E-state index contributed by atoms with van der Waals surface area (Å²) in [5, 5.41) is 2.91. The molecule has 35 heavy (non-hydrogen) atoms. The van der Waals surface area contributed by atoms with Crippen LogP contribution in [-0.4, -0.2) is 49.5 Å². The number of amides is 2. The van der Waals surface area contributed by atoms with E-state index in [1.807, 2.05) is 57.2 Å². The predicted octanol–water partition coefficient (Wildman–Crippen LogP) is 4.67. The molecule has 9 heteroatoms. The lowest BCUT2D eigenvalue weighted by Gasteiger charge is -2.33. The van der Waals surface area contributed by atoms with E-state index in [1.165, 1.54) is 4.90 Å². The average Bonchev–Trinajstić information content (AvgIpc) is 2.74. The molecule has 2 amide bonds. The molecule has 0 heterocycles. The Hall–Kier alpha value is -2.39. The lowest BCUT2D eigenvalue weighted by Crippen LogP contribution is -2.54. The summed E-state index contributed by atoms with van der Waals surface area (Å²) in [5.41, 5.74) is 1.82. The van der Waals surface area contributed by atoms with Gasteiger partial charge in [0.2, 0.25) is 21.8 Å². The quantitative estimate of drug-likeness (QED) is 0.478. The summed E-state index contributed by atoms with van der Waals surface area (Å²) in [4.78, 5) is 27.9. The maximum Gasteiger partial charge on any atom is 0.244 e. The van der Waals surface area contributed by atoms with Gasteiger partial charge in [-0.25, -0.2) is 8.42 Å². The molecular weight excluding hydrogens is 530 g/mol. The van der Waals surface area contributed by atoms with Crippen LogP contribution in [-0.2, 0) is 26.2 Å². The topological polar surface area (TPSA) is 86.8 Å². The van der Waals surface area contributed by atoms with Crippen molar-refractivity contribution in [3.05, 3.63) is 64.1 Å². The Morgan fingerprint density at radius 1 is 0.971 bits per heavy atom. The molecule has 0 fully saturated rings. The third-order valence-corrected chi connectivity index (χ3v) is 7.13. The number of carbonyl (C=O) groups excluding carboxylic acids is 2. The van der Waals surface area contributed by atoms with Crippen LogP contribution in [0.2, 0.25) is 0 Å². The summed E-state index contributed by atoms with van der Waals surface area (Å²) in [6.45, 7) is 11.1. The van der Waals surface area contributed by atoms with Crippen molar-refractivity contribution >= 4 is 43.5 Å². The highest BCUT2D eigenvalue weighted by Crippen LogP contribution is 2.23. The van der Waals surface area contributed by atoms with Crippen molar-refractivity contribution in [3.8, 4) is 0 Å². The number of hydrogen-bond acceptors (Lipinski definition) is 4. The Bertz CT molecular complexity index is 1120. The molecule has 0 aliphatic carbocycles. The molecule has 7 nitrogen and oxygen atoms in total. The zero-order valence-corrected chi connectivity index (χ0v) is 23.9. The van der Waals surface area contributed by atoms with Crippen LogP contribution in [0.4, 0.5) is 5.69 Å². The number of sulfonamides is 1. The highest BCUT2D eigenvalue weighted by molar-refractivity contribution is 9.10. The van der Waals surface area contributed by atoms with Crippen molar-refractivity contribution < 1.29 is 18.0 Å². The molecule has 0 aliphatic heterocycles. The number of benzene rings is 2. The number of nitrogens with one attached hydrogen (secondary N) is 1. The SMILES string of the molecule is CC(C)c1ccc(N(CC(=O)N(Cc2ccc(Br)cc2)[C@H](C)C(=O)NC(C)(C)C)S(C)(=O)=O)cc1. The number of anilines is 1. The van der Waals surface area contributed by atoms with Crippen molar-refractivity contribution in [2.75, 3.05) is 17.1 Å². The molecule has 1 N–H and O–H groups in total. The number of rotatable bonds is 9. The smallest absolute Gasteiger partial charge is 0.244 e. The standard InChI is InChI=1S/C26H36BrN3O4S/c1-18(2)21-10-14-23(15-11-21)30(35(7,33)34)17-24(31)29(16-20-8-12-22(27)13-9-20)19(3)25(32)28-26(4,5)6/h8-15,18-19H,16-17H2,1-7H3,(H,28,32)/t19-/m1/s1. The van der Waals surface area contributed by atoms with E-state index in [1.54, 1.807) is 19.1 Å². The highest BCUT2D eigenvalue weighted by Gasteiger charge is 2.31. The Kier molecular flexibility index (Phi) is 9.53. The van der Waals surface area contributed by atoms with Gasteiger partial charge in [0.25, 0.3) is 0 Å². The van der Waals surface area contributed by atoms with Gasteiger partial charge in [-0.1, -0.05) is 54.0 Å². The molecule has 0 unspecified atom stereocenters. The first-order chi connectivity index (χ1) is 16.1. The van der Waals surface area contributed by atoms with Gasteiger partial charge < -0.3 is 10.2 Å². The minimum absolute atomic E-state index is 0.161. The first-order valence-electron chi connectivity index (χ1n) is 11.5. The number of hydrogen-bond donors (Lipinski definition) is 1. The molecule has 0 spiro atoms. The van der Waals surface area contributed by atoms with Gasteiger partial charge in [0.15, 0.2) is 0 Å². The molecular formula is C26H36BrN3O4S. The van der Waals surface area contributed by atoms with Crippen LogP contribution in [0.15, 0.2) is 53.0 Å². The highest BCUT2D eigenvalue weighted by atomic mass is 79.9. The lowest BCUT2D eigenvalue weighted by molar-refractivity contribution is -0.140. The minimum Gasteiger partial charge on any atom is -0.350 e. The van der Waals surface area contributed by atoms with Gasteiger partial charge in [-0.05, 0) is 69.0 Å². The second kappa shape index (κ2) is 11.6. The maximum absolute atomic E-state index is 13.6. The van der Waals surface area contributed by atoms with E-state index in [2.05, 4.69) is 35.1 Å². The summed E-state index contributed by atoms with van der Waals surface area (Å²) in [6.07, 6.45) is 1.07. The molecule has 0 bridgehead atoms. The molecule has 0 saturated carbocycles.